The molecule has 0 aliphatic rings. The van der Waals surface area contributed by atoms with Gasteiger partial charge in [-0.15, -0.1) is 0 Å². The second-order valence-corrected chi connectivity index (χ2v) is 8.53. The molecule has 0 atom stereocenters. The normalized spacial score (nSPS) is 12.7. The van der Waals surface area contributed by atoms with E-state index in [-0.39, 0.29) is 4.90 Å². The van der Waals surface area contributed by atoms with Crippen LogP contribution in [0.2, 0.25) is 0 Å². The molecule has 0 saturated heterocycles. The van der Waals surface area contributed by atoms with Crippen molar-refractivity contribution in [2.45, 2.75) is 24.3 Å². The van der Waals surface area contributed by atoms with Gasteiger partial charge in [0.25, 0.3) is 10.0 Å². The monoisotopic (exact) mass is 366 g/mol. The summed E-state index contributed by atoms with van der Waals surface area (Å²) in [6.07, 6.45) is 1.52. The molecule has 132 valence electrons. The topological polar surface area (TPSA) is 72.2 Å². The Balaban J connectivity index is 2.12. The van der Waals surface area contributed by atoms with E-state index in [2.05, 4.69) is 4.98 Å². The fourth-order valence-corrected chi connectivity index (χ4v) is 4.66. The number of benzene rings is 2. The van der Waals surface area contributed by atoms with Crippen molar-refractivity contribution >= 4 is 31.8 Å². The van der Waals surface area contributed by atoms with Crippen LogP contribution in [0.3, 0.4) is 0 Å². The minimum Gasteiger partial charge on any atom is -0.384 e. The van der Waals surface area contributed by atoms with Crippen LogP contribution in [0.1, 0.15) is 19.5 Å². The molecule has 2 aromatic carbocycles. The Kier molecular flexibility index (Phi) is 3.64. The third kappa shape index (κ3) is 2.50. The molecule has 2 aromatic heterocycles. The van der Waals surface area contributed by atoms with Crippen molar-refractivity contribution in [3.8, 4) is 0 Å². The first-order valence-electron chi connectivity index (χ1n) is 8.23. The molecule has 4 rings (SSSR count). The van der Waals surface area contributed by atoms with Gasteiger partial charge < -0.3 is 5.11 Å². The third-order valence-electron chi connectivity index (χ3n) is 4.42. The van der Waals surface area contributed by atoms with E-state index in [0.29, 0.717) is 16.7 Å². The number of hydrogen-bond donors (Lipinski definition) is 1. The van der Waals surface area contributed by atoms with Crippen LogP contribution in [-0.2, 0) is 15.6 Å². The van der Waals surface area contributed by atoms with Crippen LogP contribution in [0.5, 0.6) is 0 Å². The maximum Gasteiger partial charge on any atom is 0.268 e. The summed E-state index contributed by atoms with van der Waals surface area (Å²) in [5.41, 5.74) is 0.449. The van der Waals surface area contributed by atoms with Crippen molar-refractivity contribution in [3.63, 3.8) is 0 Å². The number of nitrogens with zero attached hydrogens (tertiary/aromatic N) is 2. The number of para-hydroxylation sites is 1. The molecular weight excluding hydrogens is 348 g/mol. The minimum atomic E-state index is -3.78. The van der Waals surface area contributed by atoms with Gasteiger partial charge in [-0.05, 0) is 38.1 Å². The zero-order valence-electron chi connectivity index (χ0n) is 14.4. The predicted molar refractivity (Wildman–Crippen MR) is 102 cm³/mol. The number of fused-ring (bicyclic) bond motifs is 3. The fraction of sp³-hybridized carbons (Fsp3) is 0.150. The second-order valence-electron chi connectivity index (χ2n) is 6.75. The van der Waals surface area contributed by atoms with E-state index in [0.717, 1.165) is 10.8 Å². The van der Waals surface area contributed by atoms with Gasteiger partial charge in [0.2, 0.25) is 0 Å². The van der Waals surface area contributed by atoms with Crippen molar-refractivity contribution in [3.05, 3.63) is 72.6 Å². The maximum absolute atomic E-state index is 13.3. The Morgan fingerprint density at radius 1 is 0.923 bits per heavy atom. The third-order valence-corrected chi connectivity index (χ3v) is 6.16. The fourth-order valence-electron chi connectivity index (χ4n) is 3.13. The maximum atomic E-state index is 13.3. The van der Waals surface area contributed by atoms with Gasteiger partial charge in [-0.1, -0.05) is 36.4 Å². The molecule has 4 aromatic rings. The zero-order chi connectivity index (χ0) is 18.5. The molecule has 0 aliphatic carbocycles. The first-order valence-corrected chi connectivity index (χ1v) is 9.67. The van der Waals surface area contributed by atoms with Crippen molar-refractivity contribution in [1.82, 2.24) is 8.96 Å². The summed E-state index contributed by atoms with van der Waals surface area (Å²) in [5, 5.41) is 11.8. The van der Waals surface area contributed by atoms with Crippen LogP contribution in [0.25, 0.3) is 21.8 Å². The van der Waals surface area contributed by atoms with Crippen LogP contribution in [0.4, 0.5) is 0 Å². The Labute approximate surface area is 151 Å². The molecule has 2 heterocycles. The number of aliphatic hydroxyl groups is 1. The smallest absolute Gasteiger partial charge is 0.268 e. The molecule has 6 heteroatoms. The van der Waals surface area contributed by atoms with Crippen molar-refractivity contribution < 1.29 is 13.5 Å². The molecular formula is C20H18N2O3S. The number of rotatable bonds is 3. The van der Waals surface area contributed by atoms with E-state index in [4.69, 9.17) is 0 Å². The molecule has 0 radical (unpaired) electrons. The van der Waals surface area contributed by atoms with Gasteiger partial charge in [0.05, 0.1) is 27.8 Å². The minimum absolute atomic E-state index is 0.217. The molecule has 0 saturated carbocycles. The highest BCUT2D eigenvalue weighted by molar-refractivity contribution is 7.90. The summed E-state index contributed by atoms with van der Waals surface area (Å²) in [7, 11) is -3.78. The van der Waals surface area contributed by atoms with E-state index < -0.39 is 15.6 Å². The largest absolute Gasteiger partial charge is 0.384 e. The van der Waals surface area contributed by atoms with Crippen LogP contribution >= 0.6 is 0 Å². The summed E-state index contributed by atoms with van der Waals surface area (Å²) in [6.45, 7) is 3.31. The summed E-state index contributed by atoms with van der Waals surface area (Å²) in [6, 6.07) is 17.4. The molecule has 0 aliphatic heterocycles. The molecule has 0 amide bonds. The summed E-state index contributed by atoms with van der Waals surface area (Å²) < 4.78 is 27.9. The standard InChI is InChI=1S/C20H18N2O3S/c1-20(2,23)19-12-16-15-10-6-7-11-17(15)22(18(16)13-21-19)26(24,25)14-8-4-3-5-9-14/h3-13,23H,1-2H3. The highest BCUT2D eigenvalue weighted by Crippen LogP contribution is 2.33. The summed E-state index contributed by atoms with van der Waals surface area (Å²) in [4.78, 5) is 4.52. The lowest BCUT2D eigenvalue weighted by molar-refractivity contribution is 0.0740. The van der Waals surface area contributed by atoms with E-state index in [1.807, 2.05) is 18.2 Å². The van der Waals surface area contributed by atoms with Crippen LogP contribution in [0, 0.1) is 0 Å². The summed E-state index contributed by atoms with van der Waals surface area (Å²) in [5.74, 6) is 0. The Bertz CT molecular complexity index is 1220. The number of hydrogen-bond acceptors (Lipinski definition) is 4. The molecule has 26 heavy (non-hydrogen) atoms. The van der Waals surface area contributed by atoms with Crippen molar-refractivity contribution in [2.24, 2.45) is 0 Å². The van der Waals surface area contributed by atoms with Crippen LogP contribution in [-0.4, -0.2) is 22.5 Å². The van der Waals surface area contributed by atoms with Gasteiger partial charge in [0.1, 0.15) is 5.60 Å². The van der Waals surface area contributed by atoms with E-state index in [9.17, 15) is 13.5 Å². The number of aromatic nitrogens is 2. The molecule has 0 spiro atoms. The average Bonchev–Trinajstić information content (AvgIpc) is 2.96. The van der Waals surface area contributed by atoms with Crippen LogP contribution < -0.4 is 0 Å². The van der Waals surface area contributed by atoms with Gasteiger partial charge in [0, 0.05) is 10.8 Å². The van der Waals surface area contributed by atoms with Crippen molar-refractivity contribution in [1.29, 1.82) is 0 Å². The lowest BCUT2D eigenvalue weighted by Gasteiger charge is -2.16. The molecule has 5 nitrogen and oxygen atoms in total. The van der Waals surface area contributed by atoms with Gasteiger partial charge in [-0.3, -0.25) is 4.98 Å². The van der Waals surface area contributed by atoms with Crippen molar-refractivity contribution in [2.75, 3.05) is 0 Å². The van der Waals surface area contributed by atoms with Gasteiger partial charge in [0.15, 0.2) is 0 Å². The van der Waals surface area contributed by atoms with E-state index in [1.165, 1.54) is 10.2 Å². The first-order chi connectivity index (χ1) is 12.3. The Morgan fingerprint density at radius 2 is 1.58 bits per heavy atom. The lowest BCUT2D eigenvalue weighted by atomic mass is 10.0. The first kappa shape index (κ1) is 16.8. The van der Waals surface area contributed by atoms with E-state index >= 15 is 0 Å². The predicted octanol–water partition coefficient (Wildman–Crippen LogP) is 3.65. The highest BCUT2D eigenvalue weighted by atomic mass is 32.2. The summed E-state index contributed by atoms with van der Waals surface area (Å²) >= 11 is 0. The van der Waals surface area contributed by atoms with Crippen LogP contribution in [0.15, 0.2) is 71.8 Å². The molecule has 0 bridgehead atoms. The molecule has 0 unspecified atom stereocenters. The second kappa shape index (κ2) is 5.65. The molecule has 0 fully saturated rings. The Morgan fingerprint density at radius 3 is 2.27 bits per heavy atom. The zero-order valence-corrected chi connectivity index (χ0v) is 15.2. The average molecular weight is 366 g/mol. The molecule has 1 N–H and O–H groups in total. The van der Waals surface area contributed by atoms with E-state index in [1.54, 1.807) is 56.3 Å². The lowest BCUT2D eigenvalue weighted by Crippen LogP contribution is -2.17. The van der Waals surface area contributed by atoms with Gasteiger partial charge in [-0.25, -0.2) is 12.4 Å². The quantitative estimate of drug-likeness (QED) is 0.601. The van der Waals surface area contributed by atoms with Gasteiger partial charge in [-0.2, -0.15) is 0 Å². The number of pyridine rings is 1. The highest BCUT2D eigenvalue weighted by Gasteiger charge is 2.25. The SMILES string of the molecule is CC(C)(O)c1cc2c3ccccc3n(S(=O)(=O)c3ccccc3)c2cn1. The van der Waals surface area contributed by atoms with Gasteiger partial charge >= 0.3 is 0 Å². The Hall–Kier alpha value is -2.70.